The quantitative estimate of drug-likeness (QED) is 0.743. The molecular weight excluding hydrogens is 242 g/mol. The lowest BCUT2D eigenvalue weighted by molar-refractivity contribution is 0.593. The smallest absolute Gasteiger partial charge is 0.0172 e. The third-order valence-corrected chi connectivity index (χ3v) is 3.43. The number of rotatable bonds is 7. The molecule has 0 amide bonds. The molecule has 0 fully saturated rings. The molecule has 0 aliphatic carbocycles. The summed E-state index contributed by atoms with van der Waals surface area (Å²) in [6, 6.07) is 9.55. The molecule has 0 aliphatic rings. The lowest BCUT2D eigenvalue weighted by atomic mass is 9.98. The van der Waals surface area contributed by atoms with Crippen molar-refractivity contribution >= 4 is 6.08 Å². The van der Waals surface area contributed by atoms with Gasteiger partial charge in [-0.3, -0.25) is 0 Å². The second-order valence-corrected chi connectivity index (χ2v) is 6.75. The number of hydrogen-bond donors (Lipinski definition) is 1. The van der Waals surface area contributed by atoms with Crippen LogP contribution in [0.5, 0.6) is 0 Å². The van der Waals surface area contributed by atoms with Crippen molar-refractivity contribution in [3.05, 3.63) is 41.0 Å². The molecular formula is C19H31N. The van der Waals surface area contributed by atoms with Crippen molar-refractivity contribution in [3.63, 3.8) is 0 Å². The van der Waals surface area contributed by atoms with Gasteiger partial charge < -0.3 is 5.32 Å². The van der Waals surface area contributed by atoms with Crippen molar-refractivity contribution in [1.29, 1.82) is 0 Å². The van der Waals surface area contributed by atoms with Crippen LogP contribution >= 0.6 is 0 Å². The summed E-state index contributed by atoms with van der Waals surface area (Å²) in [6.07, 6.45) is 3.50. The molecule has 0 heterocycles. The fourth-order valence-electron chi connectivity index (χ4n) is 2.18. The van der Waals surface area contributed by atoms with Gasteiger partial charge in [0.15, 0.2) is 0 Å². The molecule has 1 heteroatoms. The van der Waals surface area contributed by atoms with Crippen LogP contribution in [0.25, 0.3) is 6.08 Å². The molecule has 0 spiro atoms. The van der Waals surface area contributed by atoms with Crippen LogP contribution in [0.1, 0.15) is 52.7 Å². The third-order valence-electron chi connectivity index (χ3n) is 3.43. The Balaban J connectivity index is 2.77. The van der Waals surface area contributed by atoms with E-state index in [9.17, 15) is 0 Å². The van der Waals surface area contributed by atoms with E-state index in [1.54, 1.807) is 0 Å². The zero-order valence-corrected chi connectivity index (χ0v) is 14.0. The van der Waals surface area contributed by atoms with Gasteiger partial charge in [0, 0.05) is 12.6 Å². The maximum absolute atomic E-state index is 3.52. The van der Waals surface area contributed by atoms with E-state index in [0.29, 0.717) is 12.0 Å². The lowest BCUT2D eigenvalue weighted by Gasteiger charge is -2.15. The summed E-state index contributed by atoms with van der Waals surface area (Å²) >= 11 is 0. The van der Waals surface area contributed by atoms with Crippen LogP contribution in [0, 0.1) is 11.8 Å². The number of hydrogen-bond acceptors (Lipinski definition) is 1. The van der Waals surface area contributed by atoms with Crippen molar-refractivity contribution in [2.75, 3.05) is 6.54 Å². The minimum absolute atomic E-state index is 0.533. The molecule has 0 saturated carbocycles. The van der Waals surface area contributed by atoms with E-state index in [2.05, 4.69) is 77.2 Å². The predicted molar refractivity (Wildman–Crippen MR) is 90.9 cm³/mol. The Hall–Kier alpha value is -1.08. The molecule has 0 saturated heterocycles. The number of nitrogens with one attached hydrogen (secondary N) is 1. The maximum atomic E-state index is 3.52. The molecule has 1 N–H and O–H groups in total. The van der Waals surface area contributed by atoms with Crippen LogP contribution in [-0.4, -0.2) is 12.6 Å². The zero-order chi connectivity index (χ0) is 15.1. The standard InChI is InChI=1S/C19H31N/c1-14(2)11-17-7-9-18(10-8-17)12-19(15(3)4)13-20-16(5)6/h7-10,12,14-16,20H,11,13H2,1-6H3/b19-12-. The van der Waals surface area contributed by atoms with Crippen LogP contribution < -0.4 is 5.32 Å². The molecule has 1 rings (SSSR count). The van der Waals surface area contributed by atoms with Crippen LogP contribution in [0.3, 0.4) is 0 Å². The SMILES string of the molecule is CC(C)Cc1ccc(/C=C(/CNC(C)C)C(C)C)cc1. The van der Waals surface area contributed by atoms with Crippen molar-refractivity contribution in [2.24, 2.45) is 11.8 Å². The van der Waals surface area contributed by atoms with E-state index in [0.717, 1.165) is 18.9 Å². The summed E-state index contributed by atoms with van der Waals surface area (Å²) in [6.45, 7) is 14.4. The Labute approximate surface area is 125 Å². The summed E-state index contributed by atoms with van der Waals surface area (Å²) in [5, 5.41) is 3.52. The van der Waals surface area contributed by atoms with Gasteiger partial charge in [0.05, 0.1) is 0 Å². The zero-order valence-electron chi connectivity index (χ0n) is 14.0. The van der Waals surface area contributed by atoms with E-state index in [1.807, 2.05) is 0 Å². The molecule has 1 nitrogen and oxygen atoms in total. The van der Waals surface area contributed by atoms with Gasteiger partial charge in [0.1, 0.15) is 0 Å². The van der Waals surface area contributed by atoms with Gasteiger partial charge in [0.2, 0.25) is 0 Å². The van der Waals surface area contributed by atoms with Crippen molar-refractivity contribution in [1.82, 2.24) is 5.32 Å². The lowest BCUT2D eigenvalue weighted by Crippen LogP contribution is -2.26. The van der Waals surface area contributed by atoms with Crippen molar-refractivity contribution in [2.45, 2.75) is 54.0 Å². The third kappa shape index (κ3) is 6.38. The molecule has 112 valence electrons. The topological polar surface area (TPSA) is 12.0 Å². The largest absolute Gasteiger partial charge is 0.311 e. The van der Waals surface area contributed by atoms with Crippen molar-refractivity contribution in [3.8, 4) is 0 Å². The summed E-state index contributed by atoms with van der Waals surface area (Å²) in [5.41, 5.74) is 4.21. The molecule has 0 aliphatic heterocycles. The molecule has 1 aromatic carbocycles. The van der Waals surface area contributed by atoms with Crippen LogP contribution in [0.4, 0.5) is 0 Å². The Morgan fingerprint density at radius 2 is 1.60 bits per heavy atom. The first-order valence-electron chi connectivity index (χ1n) is 7.91. The summed E-state index contributed by atoms with van der Waals surface area (Å²) < 4.78 is 0. The molecule has 0 bridgehead atoms. The van der Waals surface area contributed by atoms with E-state index < -0.39 is 0 Å². The van der Waals surface area contributed by atoms with Crippen LogP contribution in [-0.2, 0) is 6.42 Å². The Morgan fingerprint density at radius 1 is 1.00 bits per heavy atom. The maximum Gasteiger partial charge on any atom is 0.0172 e. The van der Waals surface area contributed by atoms with E-state index in [-0.39, 0.29) is 0 Å². The second kappa shape index (κ2) is 8.26. The number of benzene rings is 1. The summed E-state index contributed by atoms with van der Waals surface area (Å²) in [7, 11) is 0. The molecule has 20 heavy (non-hydrogen) atoms. The van der Waals surface area contributed by atoms with Gasteiger partial charge in [-0.15, -0.1) is 0 Å². The monoisotopic (exact) mass is 273 g/mol. The molecule has 1 aromatic rings. The Morgan fingerprint density at radius 3 is 2.05 bits per heavy atom. The first-order valence-corrected chi connectivity index (χ1v) is 7.91. The summed E-state index contributed by atoms with van der Waals surface area (Å²) in [4.78, 5) is 0. The Kier molecular flexibility index (Phi) is 7.01. The van der Waals surface area contributed by atoms with Gasteiger partial charge in [-0.1, -0.05) is 77.5 Å². The molecule has 0 atom stereocenters. The summed E-state index contributed by atoms with van der Waals surface area (Å²) in [5.74, 6) is 1.30. The van der Waals surface area contributed by atoms with Gasteiger partial charge >= 0.3 is 0 Å². The van der Waals surface area contributed by atoms with Crippen LogP contribution in [0.2, 0.25) is 0 Å². The van der Waals surface area contributed by atoms with E-state index in [1.165, 1.54) is 16.7 Å². The minimum Gasteiger partial charge on any atom is -0.311 e. The predicted octanol–water partition coefficient (Wildman–Crippen LogP) is 4.92. The van der Waals surface area contributed by atoms with Gasteiger partial charge in [0.25, 0.3) is 0 Å². The fraction of sp³-hybridized carbons (Fsp3) is 0.579. The highest BCUT2D eigenvalue weighted by molar-refractivity contribution is 5.54. The highest BCUT2D eigenvalue weighted by Crippen LogP contribution is 2.16. The van der Waals surface area contributed by atoms with Gasteiger partial charge in [-0.25, -0.2) is 0 Å². The highest BCUT2D eigenvalue weighted by Gasteiger charge is 2.05. The molecule has 0 aromatic heterocycles. The molecule has 0 unspecified atom stereocenters. The van der Waals surface area contributed by atoms with Gasteiger partial charge in [-0.2, -0.15) is 0 Å². The fourth-order valence-corrected chi connectivity index (χ4v) is 2.18. The minimum atomic E-state index is 0.533. The Bertz CT molecular complexity index is 410. The highest BCUT2D eigenvalue weighted by atomic mass is 14.9. The van der Waals surface area contributed by atoms with Gasteiger partial charge in [-0.05, 0) is 29.4 Å². The first kappa shape index (κ1) is 17.0. The van der Waals surface area contributed by atoms with E-state index in [4.69, 9.17) is 0 Å². The average Bonchev–Trinajstić information content (AvgIpc) is 2.35. The normalized spacial score (nSPS) is 12.8. The first-order chi connectivity index (χ1) is 9.38. The second-order valence-electron chi connectivity index (χ2n) is 6.75. The molecule has 0 radical (unpaired) electrons. The van der Waals surface area contributed by atoms with Crippen LogP contribution in [0.15, 0.2) is 29.8 Å². The average molecular weight is 273 g/mol. The van der Waals surface area contributed by atoms with Crippen molar-refractivity contribution < 1.29 is 0 Å². The van der Waals surface area contributed by atoms with E-state index >= 15 is 0 Å².